The molecule has 1 atom stereocenters. The molecule has 1 saturated heterocycles. The number of hydrogen-bond donors (Lipinski definition) is 2. The van der Waals surface area contributed by atoms with Gasteiger partial charge in [-0.25, -0.2) is 0 Å². The summed E-state index contributed by atoms with van der Waals surface area (Å²) in [6, 6.07) is 6.66. The molecule has 2 amide bonds. The van der Waals surface area contributed by atoms with Crippen molar-refractivity contribution in [1.82, 2.24) is 4.90 Å². The average Bonchev–Trinajstić information content (AvgIpc) is 2.91. The maximum absolute atomic E-state index is 12.4. The summed E-state index contributed by atoms with van der Waals surface area (Å²) in [5.74, 6) is -1.26. The minimum atomic E-state index is -0.875. The molecule has 0 aliphatic carbocycles. The molecule has 1 aromatic carbocycles. The number of rotatable bonds is 4. The number of anilines is 1. The van der Waals surface area contributed by atoms with E-state index in [1.165, 1.54) is 0 Å². The first-order chi connectivity index (χ1) is 10.7. The Morgan fingerprint density at radius 1 is 1.22 bits per heavy atom. The van der Waals surface area contributed by atoms with Gasteiger partial charge in [-0.05, 0) is 37.6 Å². The number of carbonyl (C=O) groups is 3. The standard InChI is InChI=1S/C17H22N2O4/c1-11(2)14(20)18-13-6-4-12(5-7-13)15(21)19-9-8-17(3,10-19)16(22)23/h4-7,11H,8-10H2,1-3H3,(H,18,20)(H,22,23). The first-order valence-electron chi connectivity index (χ1n) is 7.66. The van der Waals surface area contributed by atoms with Gasteiger partial charge in [-0.1, -0.05) is 13.8 Å². The van der Waals surface area contributed by atoms with Crippen molar-refractivity contribution in [3.05, 3.63) is 29.8 Å². The van der Waals surface area contributed by atoms with Gasteiger partial charge in [0.05, 0.1) is 5.41 Å². The summed E-state index contributed by atoms with van der Waals surface area (Å²) >= 11 is 0. The van der Waals surface area contributed by atoms with Gasteiger partial charge in [-0.3, -0.25) is 14.4 Å². The monoisotopic (exact) mass is 318 g/mol. The van der Waals surface area contributed by atoms with Crippen LogP contribution in [0.1, 0.15) is 37.6 Å². The van der Waals surface area contributed by atoms with Crippen molar-refractivity contribution in [2.24, 2.45) is 11.3 Å². The topological polar surface area (TPSA) is 86.7 Å². The summed E-state index contributed by atoms with van der Waals surface area (Å²) in [5, 5.41) is 12.0. The molecule has 6 heteroatoms. The molecule has 1 unspecified atom stereocenters. The maximum Gasteiger partial charge on any atom is 0.311 e. The minimum Gasteiger partial charge on any atom is -0.481 e. The number of carboxylic acids is 1. The van der Waals surface area contributed by atoms with Crippen molar-refractivity contribution >= 4 is 23.5 Å². The zero-order valence-corrected chi connectivity index (χ0v) is 13.6. The number of nitrogens with zero attached hydrogens (tertiary/aromatic N) is 1. The van der Waals surface area contributed by atoms with Crippen LogP contribution in [0.5, 0.6) is 0 Å². The fourth-order valence-corrected chi connectivity index (χ4v) is 2.47. The zero-order chi connectivity index (χ0) is 17.2. The largest absolute Gasteiger partial charge is 0.481 e. The summed E-state index contributed by atoms with van der Waals surface area (Å²) in [7, 11) is 0. The summed E-state index contributed by atoms with van der Waals surface area (Å²) in [6.07, 6.45) is 0.455. The van der Waals surface area contributed by atoms with Crippen LogP contribution in [-0.4, -0.2) is 40.9 Å². The number of carbonyl (C=O) groups excluding carboxylic acids is 2. The maximum atomic E-state index is 12.4. The molecule has 124 valence electrons. The van der Waals surface area contributed by atoms with Crippen molar-refractivity contribution in [2.45, 2.75) is 27.2 Å². The van der Waals surface area contributed by atoms with Gasteiger partial charge >= 0.3 is 5.97 Å². The van der Waals surface area contributed by atoms with E-state index < -0.39 is 11.4 Å². The van der Waals surface area contributed by atoms with Gasteiger partial charge in [0.1, 0.15) is 0 Å². The SMILES string of the molecule is CC(C)C(=O)Nc1ccc(C(=O)N2CCC(C)(C(=O)O)C2)cc1. The molecule has 23 heavy (non-hydrogen) atoms. The van der Waals surface area contributed by atoms with Gasteiger partial charge in [-0.15, -0.1) is 0 Å². The van der Waals surface area contributed by atoms with E-state index in [9.17, 15) is 19.5 Å². The van der Waals surface area contributed by atoms with E-state index in [2.05, 4.69) is 5.32 Å². The molecule has 1 aromatic rings. The van der Waals surface area contributed by atoms with Crippen LogP contribution in [0.3, 0.4) is 0 Å². The lowest BCUT2D eigenvalue weighted by molar-refractivity contribution is -0.147. The number of hydrogen-bond acceptors (Lipinski definition) is 3. The normalized spacial score (nSPS) is 20.6. The smallest absolute Gasteiger partial charge is 0.311 e. The lowest BCUT2D eigenvalue weighted by Crippen LogP contribution is -2.34. The van der Waals surface area contributed by atoms with Crippen LogP contribution < -0.4 is 5.32 Å². The predicted molar refractivity (Wildman–Crippen MR) is 86.2 cm³/mol. The lowest BCUT2D eigenvalue weighted by atomic mass is 9.90. The molecule has 2 N–H and O–H groups in total. The van der Waals surface area contributed by atoms with Gasteiger partial charge < -0.3 is 15.3 Å². The third kappa shape index (κ3) is 3.70. The molecule has 0 saturated carbocycles. The Morgan fingerprint density at radius 3 is 2.30 bits per heavy atom. The Balaban J connectivity index is 2.04. The molecule has 1 aliphatic rings. The number of likely N-dealkylation sites (tertiary alicyclic amines) is 1. The second-order valence-corrected chi connectivity index (χ2v) is 6.56. The fourth-order valence-electron chi connectivity index (χ4n) is 2.47. The molecular weight excluding hydrogens is 296 g/mol. The van der Waals surface area contributed by atoms with E-state index in [-0.39, 0.29) is 24.3 Å². The Hall–Kier alpha value is -2.37. The second-order valence-electron chi connectivity index (χ2n) is 6.56. The summed E-state index contributed by atoms with van der Waals surface area (Å²) in [6.45, 7) is 5.92. The van der Waals surface area contributed by atoms with E-state index in [4.69, 9.17) is 0 Å². The molecular formula is C17H22N2O4. The first kappa shape index (κ1) is 17.0. The molecule has 2 rings (SSSR count). The number of amides is 2. The van der Waals surface area contributed by atoms with Crippen LogP contribution in [0.25, 0.3) is 0 Å². The zero-order valence-electron chi connectivity index (χ0n) is 13.6. The summed E-state index contributed by atoms with van der Waals surface area (Å²) in [4.78, 5) is 36.9. The van der Waals surface area contributed by atoms with Crippen molar-refractivity contribution < 1.29 is 19.5 Å². The van der Waals surface area contributed by atoms with E-state index in [1.807, 2.05) is 0 Å². The van der Waals surface area contributed by atoms with Crippen LogP contribution in [0.15, 0.2) is 24.3 Å². The molecule has 0 spiro atoms. The molecule has 6 nitrogen and oxygen atoms in total. The molecule has 0 radical (unpaired) electrons. The van der Waals surface area contributed by atoms with Crippen LogP contribution >= 0.6 is 0 Å². The van der Waals surface area contributed by atoms with Crippen molar-refractivity contribution in [3.63, 3.8) is 0 Å². The van der Waals surface area contributed by atoms with E-state index in [1.54, 1.807) is 49.9 Å². The van der Waals surface area contributed by atoms with Crippen molar-refractivity contribution in [1.29, 1.82) is 0 Å². The van der Waals surface area contributed by atoms with Crippen LogP contribution in [0.2, 0.25) is 0 Å². The quantitative estimate of drug-likeness (QED) is 0.891. The molecule has 1 fully saturated rings. The highest BCUT2D eigenvalue weighted by Crippen LogP contribution is 2.31. The highest BCUT2D eigenvalue weighted by Gasteiger charge is 2.42. The predicted octanol–water partition coefficient (Wildman–Crippen LogP) is 2.22. The number of nitrogens with one attached hydrogen (secondary N) is 1. The van der Waals surface area contributed by atoms with Gasteiger partial charge in [0.15, 0.2) is 0 Å². The fraction of sp³-hybridized carbons (Fsp3) is 0.471. The molecule has 0 aromatic heterocycles. The van der Waals surface area contributed by atoms with E-state index in [0.717, 1.165) is 0 Å². The number of carboxylic acid groups (broad SMARTS) is 1. The van der Waals surface area contributed by atoms with Gasteiger partial charge in [-0.2, -0.15) is 0 Å². The molecule has 0 bridgehead atoms. The van der Waals surface area contributed by atoms with Gasteiger partial charge in [0.2, 0.25) is 5.91 Å². The average molecular weight is 318 g/mol. The van der Waals surface area contributed by atoms with Crippen molar-refractivity contribution in [3.8, 4) is 0 Å². The van der Waals surface area contributed by atoms with Crippen LogP contribution in [0, 0.1) is 11.3 Å². The minimum absolute atomic E-state index is 0.0826. The summed E-state index contributed by atoms with van der Waals surface area (Å²) in [5.41, 5.74) is 0.250. The Kier molecular flexibility index (Phi) is 4.73. The Bertz CT molecular complexity index is 624. The number of aliphatic carboxylic acids is 1. The van der Waals surface area contributed by atoms with Gasteiger partial charge in [0.25, 0.3) is 5.91 Å². The van der Waals surface area contributed by atoms with E-state index in [0.29, 0.717) is 24.2 Å². The first-order valence-corrected chi connectivity index (χ1v) is 7.66. The Morgan fingerprint density at radius 2 is 1.83 bits per heavy atom. The second kappa shape index (κ2) is 6.40. The lowest BCUT2D eigenvalue weighted by Gasteiger charge is -2.20. The number of benzene rings is 1. The van der Waals surface area contributed by atoms with Crippen LogP contribution in [-0.2, 0) is 9.59 Å². The third-order valence-electron chi connectivity index (χ3n) is 4.20. The molecule has 1 heterocycles. The Labute approximate surface area is 135 Å². The van der Waals surface area contributed by atoms with Crippen LogP contribution in [0.4, 0.5) is 5.69 Å². The van der Waals surface area contributed by atoms with E-state index >= 15 is 0 Å². The van der Waals surface area contributed by atoms with Gasteiger partial charge in [0, 0.05) is 30.3 Å². The van der Waals surface area contributed by atoms with Crippen molar-refractivity contribution in [2.75, 3.05) is 18.4 Å². The highest BCUT2D eigenvalue weighted by atomic mass is 16.4. The molecule has 1 aliphatic heterocycles. The third-order valence-corrected chi connectivity index (χ3v) is 4.20. The summed E-state index contributed by atoms with van der Waals surface area (Å²) < 4.78 is 0. The highest BCUT2D eigenvalue weighted by molar-refractivity contribution is 5.96.